The maximum atomic E-state index is 12.3. The van der Waals surface area contributed by atoms with Crippen molar-refractivity contribution < 1.29 is 19.1 Å². The van der Waals surface area contributed by atoms with Crippen molar-refractivity contribution in [2.75, 3.05) is 20.3 Å². The number of nitrogens with zero attached hydrogens (tertiary/aromatic N) is 1. The van der Waals surface area contributed by atoms with Crippen LogP contribution in [0.15, 0.2) is 35.7 Å². The van der Waals surface area contributed by atoms with E-state index in [0.717, 1.165) is 25.1 Å². The van der Waals surface area contributed by atoms with E-state index in [2.05, 4.69) is 21.1 Å². The number of esters is 2. The third-order valence-electron chi connectivity index (χ3n) is 4.17. The van der Waals surface area contributed by atoms with Gasteiger partial charge in [-0.2, -0.15) is 0 Å². The molecule has 0 saturated heterocycles. The predicted octanol–water partition coefficient (Wildman–Crippen LogP) is 4.24. The van der Waals surface area contributed by atoms with Gasteiger partial charge in [0.2, 0.25) is 0 Å². The van der Waals surface area contributed by atoms with Crippen molar-refractivity contribution in [3.63, 3.8) is 0 Å². The first-order valence-electron chi connectivity index (χ1n) is 8.72. The van der Waals surface area contributed by atoms with E-state index in [-0.39, 0.29) is 11.9 Å². The zero-order chi connectivity index (χ0) is 19.8. The Morgan fingerprint density at radius 1 is 1.30 bits per heavy atom. The average Bonchev–Trinajstić information content (AvgIpc) is 3.11. The van der Waals surface area contributed by atoms with Crippen LogP contribution in [-0.4, -0.2) is 37.1 Å². The summed E-state index contributed by atoms with van der Waals surface area (Å²) in [5.41, 5.74) is 2.11. The second-order valence-corrected chi connectivity index (χ2v) is 7.37. The van der Waals surface area contributed by atoms with Gasteiger partial charge in [-0.1, -0.05) is 29.8 Å². The maximum absolute atomic E-state index is 12.3. The zero-order valence-corrected chi connectivity index (χ0v) is 17.3. The van der Waals surface area contributed by atoms with Gasteiger partial charge in [0.1, 0.15) is 6.04 Å². The summed E-state index contributed by atoms with van der Waals surface area (Å²) < 4.78 is 9.41. The lowest BCUT2D eigenvalue weighted by atomic mass is 10.0. The molecule has 5 nitrogen and oxygen atoms in total. The summed E-state index contributed by atoms with van der Waals surface area (Å²) in [6, 6.07) is 9.16. The lowest BCUT2D eigenvalue weighted by Gasteiger charge is -2.33. The molecular weight excluding hydrogens is 386 g/mol. The summed E-state index contributed by atoms with van der Waals surface area (Å²) in [6.07, 6.45) is 0.963. The Kier molecular flexibility index (Phi) is 8.28. The summed E-state index contributed by atoms with van der Waals surface area (Å²) in [4.78, 5) is 25.7. The fraction of sp³-hybridized carbons (Fsp3) is 0.400. The third-order valence-corrected chi connectivity index (χ3v) is 5.54. The van der Waals surface area contributed by atoms with Gasteiger partial charge in [-0.3, -0.25) is 9.69 Å². The predicted molar refractivity (Wildman–Crippen MR) is 107 cm³/mol. The van der Waals surface area contributed by atoms with Crippen molar-refractivity contribution in [2.24, 2.45) is 0 Å². The Bertz CT molecular complexity index is 777. The van der Waals surface area contributed by atoms with Crippen LogP contribution in [0.3, 0.4) is 0 Å². The van der Waals surface area contributed by atoms with Crippen LogP contribution in [-0.2, 0) is 32.0 Å². The lowest BCUT2D eigenvalue weighted by molar-refractivity contribution is -0.147. The quantitative estimate of drug-likeness (QED) is 0.707. The van der Waals surface area contributed by atoms with Gasteiger partial charge in [-0.25, -0.2) is 4.79 Å². The molecule has 0 spiro atoms. The molecule has 0 N–H and O–H groups in total. The number of carbonyl (C=O) groups is 2. The molecule has 2 heterocycles. The molecule has 0 bridgehead atoms. The topological polar surface area (TPSA) is 55.8 Å². The maximum Gasteiger partial charge on any atom is 0.327 e. The highest BCUT2D eigenvalue weighted by atomic mass is 35.5. The Balaban J connectivity index is 0.000000380. The summed E-state index contributed by atoms with van der Waals surface area (Å²) in [6.45, 7) is 5.24. The monoisotopic (exact) mass is 409 g/mol. The average molecular weight is 410 g/mol. The largest absolute Gasteiger partial charge is 0.468 e. The van der Waals surface area contributed by atoms with E-state index in [0.29, 0.717) is 11.6 Å². The van der Waals surface area contributed by atoms with Crippen LogP contribution in [0.1, 0.15) is 35.9 Å². The van der Waals surface area contributed by atoms with Gasteiger partial charge < -0.3 is 9.47 Å². The number of methoxy groups -OCH3 is 1. The van der Waals surface area contributed by atoms with Gasteiger partial charge >= 0.3 is 11.9 Å². The van der Waals surface area contributed by atoms with Gasteiger partial charge in [0.25, 0.3) is 0 Å². The van der Waals surface area contributed by atoms with Crippen molar-refractivity contribution >= 4 is 34.9 Å². The Morgan fingerprint density at radius 2 is 2.04 bits per heavy atom. The number of hydrogen-bond donors (Lipinski definition) is 0. The van der Waals surface area contributed by atoms with Crippen LogP contribution in [0.25, 0.3) is 0 Å². The summed E-state index contributed by atoms with van der Waals surface area (Å²) in [5.74, 6) is -0.473. The second kappa shape index (κ2) is 10.4. The highest BCUT2D eigenvalue weighted by molar-refractivity contribution is 7.10. The number of rotatable bonds is 4. The molecule has 1 aromatic heterocycles. The lowest BCUT2D eigenvalue weighted by Crippen LogP contribution is -2.38. The molecule has 0 amide bonds. The SMILES string of the molecule is CCOC(C)=O.COC(=O)C(c1ccccc1Cl)N1CCc2sccc2C1. The number of thiophene rings is 1. The number of benzene rings is 1. The van der Waals surface area contributed by atoms with Crippen LogP contribution in [0.4, 0.5) is 0 Å². The van der Waals surface area contributed by atoms with Crippen molar-refractivity contribution in [3.8, 4) is 0 Å². The highest BCUT2D eigenvalue weighted by Gasteiger charge is 2.32. The smallest absolute Gasteiger partial charge is 0.327 e. The molecule has 3 rings (SSSR count). The number of hydrogen-bond acceptors (Lipinski definition) is 6. The van der Waals surface area contributed by atoms with Crippen molar-refractivity contribution in [1.82, 2.24) is 4.90 Å². The van der Waals surface area contributed by atoms with Crippen LogP contribution in [0, 0.1) is 0 Å². The van der Waals surface area contributed by atoms with Gasteiger partial charge in [0.05, 0.1) is 13.7 Å². The van der Waals surface area contributed by atoms with Crippen LogP contribution < -0.4 is 0 Å². The molecule has 0 aliphatic carbocycles. The molecule has 7 heteroatoms. The van der Waals surface area contributed by atoms with Crippen molar-refractivity contribution in [1.29, 1.82) is 0 Å². The molecule has 1 atom stereocenters. The molecule has 2 aromatic rings. The van der Waals surface area contributed by atoms with E-state index in [1.54, 1.807) is 18.3 Å². The third kappa shape index (κ3) is 5.79. The van der Waals surface area contributed by atoms with Crippen LogP contribution >= 0.6 is 22.9 Å². The Hall–Kier alpha value is -1.89. The molecule has 27 heavy (non-hydrogen) atoms. The van der Waals surface area contributed by atoms with E-state index >= 15 is 0 Å². The first kappa shape index (κ1) is 21.4. The first-order valence-corrected chi connectivity index (χ1v) is 9.98. The van der Waals surface area contributed by atoms with Crippen molar-refractivity contribution in [3.05, 3.63) is 56.7 Å². The van der Waals surface area contributed by atoms with Crippen LogP contribution in [0.2, 0.25) is 5.02 Å². The molecular formula is C20H24ClNO4S. The molecule has 146 valence electrons. The number of ether oxygens (including phenoxy) is 2. The fourth-order valence-electron chi connectivity index (χ4n) is 2.98. The summed E-state index contributed by atoms with van der Waals surface area (Å²) >= 11 is 8.07. The molecule has 1 unspecified atom stereocenters. The molecule has 0 radical (unpaired) electrons. The van der Waals surface area contributed by atoms with E-state index < -0.39 is 6.04 Å². The number of halogens is 1. The molecule has 1 aliphatic heterocycles. The zero-order valence-electron chi connectivity index (χ0n) is 15.7. The molecule has 1 aromatic carbocycles. The van der Waals surface area contributed by atoms with E-state index in [4.69, 9.17) is 16.3 Å². The standard InChI is InChI=1S/C16H16ClNO2S.C4H8O2/c1-20-16(19)15(12-4-2-3-5-13(12)17)18-8-6-14-11(10-18)7-9-21-14;1-3-6-4(2)5/h2-5,7,9,15H,6,8,10H2,1H3;3H2,1-2H3. The molecule has 1 aliphatic rings. The second-order valence-electron chi connectivity index (χ2n) is 5.96. The van der Waals surface area contributed by atoms with E-state index in [1.165, 1.54) is 24.5 Å². The first-order chi connectivity index (χ1) is 13.0. The minimum atomic E-state index is -0.447. The number of carbonyl (C=O) groups excluding carboxylic acids is 2. The van der Waals surface area contributed by atoms with Gasteiger partial charge in [-0.15, -0.1) is 11.3 Å². The summed E-state index contributed by atoms with van der Waals surface area (Å²) in [5, 5.41) is 2.71. The minimum Gasteiger partial charge on any atom is -0.468 e. The molecule has 0 saturated carbocycles. The molecule has 0 fully saturated rings. The highest BCUT2D eigenvalue weighted by Crippen LogP contribution is 2.33. The van der Waals surface area contributed by atoms with Gasteiger partial charge in [-0.05, 0) is 42.0 Å². The fourth-order valence-corrected chi connectivity index (χ4v) is 4.10. The van der Waals surface area contributed by atoms with Gasteiger partial charge in [0, 0.05) is 29.9 Å². The normalized spacial score (nSPS) is 14.4. The van der Waals surface area contributed by atoms with Gasteiger partial charge in [0.15, 0.2) is 0 Å². The Morgan fingerprint density at radius 3 is 2.63 bits per heavy atom. The van der Waals surface area contributed by atoms with Crippen LogP contribution in [0.5, 0.6) is 0 Å². The van der Waals surface area contributed by atoms with E-state index in [9.17, 15) is 9.59 Å². The van der Waals surface area contributed by atoms with E-state index in [1.807, 2.05) is 24.3 Å². The minimum absolute atomic E-state index is 0.211. The van der Waals surface area contributed by atoms with Crippen molar-refractivity contribution in [2.45, 2.75) is 32.9 Å². The Labute approximate surface area is 168 Å². The number of fused-ring (bicyclic) bond motifs is 1. The summed E-state index contributed by atoms with van der Waals surface area (Å²) in [7, 11) is 1.42.